The summed E-state index contributed by atoms with van der Waals surface area (Å²) in [6.45, 7) is 28.6. The fourth-order valence-corrected chi connectivity index (χ4v) is 17.0. The first-order chi connectivity index (χ1) is 48.9. The number of halogens is 1. The van der Waals surface area contributed by atoms with Crippen molar-refractivity contribution in [1.82, 2.24) is 0 Å². The Labute approximate surface area is 621 Å². The number of aliphatic hydroxyl groups is 5. The van der Waals surface area contributed by atoms with Crippen LogP contribution in [0.1, 0.15) is 202 Å². The van der Waals surface area contributed by atoms with Crippen LogP contribution < -0.4 is 0 Å². The molecule has 12 rings (SSSR count). The summed E-state index contributed by atoms with van der Waals surface area (Å²) in [6, 6.07) is 0. The number of esters is 2. The van der Waals surface area contributed by atoms with E-state index in [-0.39, 0.29) is 97.2 Å². The molecule has 5 N–H and O–H groups in total. The number of hydrogen-bond donors (Lipinski definition) is 5. The molecule has 6 unspecified atom stereocenters. The van der Waals surface area contributed by atoms with E-state index in [2.05, 4.69) is 86.6 Å². The number of rotatable bonds is 22. The van der Waals surface area contributed by atoms with Crippen LogP contribution in [-0.4, -0.2) is 228 Å². The molecule has 22 nitrogen and oxygen atoms in total. The van der Waals surface area contributed by atoms with Gasteiger partial charge in [-0.3, -0.25) is 4.79 Å². The highest BCUT2D eigenvalue weighted by molar-refractivity contribution is 14.1. The molecule has 0 bridgehead atoms. The smallest absolute Gasteiger partial charge is 0.330 e. The Morgan fingerprint density at radius 1 is 0.618 bits per heavy atom. The van der Waals surface area contributed by atoms with E-state index in [1.165, 1.54) is 64.2 Å². The standard InChI is InChI=1S/C23H35IO5.C17H26O4.C14H22O4.C13H20O4.C12H22O5/c1-2-3-10-18-23(16-24)20(28-22(29-23)13-8-5-9-14-22)19(26-18)17-15-25-21(27-17)11-6-4-7-12-21;1-3-4-8-13-12(2)15(18)16(20-13)14-11-19-17(21-14)9-6-5-7-10-17;1-9(2)5-6-11-10(3)14(16)12(18-11)7-8-13(15)17-4;1-8(15-3)4-5-10-9(2)13-11(16-10)6-7-12(14)17-13;1-7(16-3)4-5-10-8(2)11(15)12(17-10)9(14)6-13/h2-3,17-20H,4-16H2,1H3;3-4,13-16,18H,2,5-11H2,1H3;7-9,11-12,14,16H,3,5-6H2,1-2,4H3;8,10-11,13H,2,4-7H2,1,3H3;7,9-15H,2,4-6H2,1,3H3/b3-2+;4-3+;8-7+;;/t17?,18-,19-,20?,23-;13-,14?,15-,16-;11-,12-,14-;8?,10?,11-,13-;7?,9-,10+,11+,12+/m00001/s1. The van der Waals surface area contributed by atoms with Crippen LogP contribution in [-0.2, 0) is 80.6 Å². The average Bonchev–Trinajstić information content (AvgIpc) is 1.55. The van der Waals surface area contributed by atoms with Crippen LogP contribution in [0, 0.1) is 5.92 Å². The number of ether oxygens (including phenoxy) is 15. The normalized spacial score (nSPS) is 36.7. The molecule has 9 heterocycles. The zero-order valence-corrected chi connectivity index (χ0v) is 64.6. The van der Waals surface area contributed by atoms with Crippen LogP contribution in [0.2, 0.25) is 0 Å². The van der Waals surface area contributed by atoms with Crippen LogP contribution in [0.5, 0.6) is 0 Å². The van der Waals surface area contributed by atoms with Crippen molar-refractivity contribution in [2.24, 2.45) is 5.92 Å². The number of carbonyl (C=O) groups is 2. The van der Waals surface area contributed by atoms with Gasteiger partial charge in [0, 0.05) is 69.7 Å². The molecule has 0 aromatic heterocycles. The molecule has 102 heavy (non-hydrogen) atoms. The van der Waals surface area contributed by atoms with Gasteiger partial charge in [-0.1, -0.05) is 106 Å². The molecule has 23 heteroatoms. The van der Waals surface area contributed by atoms with Gasteiger partial charge < -0.3 is 96.6 Å². The molecule has 580 valence electrons. The number of alkyl halides is 1. The average molecular weight is 1550 g/mol. The summed E-state index contributed by atoms with van der Waals surface area (Å²) in [5.74, 6) is -1.24. The van der Waals surface area contributed by atoms with Gasteiger partial charge in [-0.2, -0.15) is 0 Å². The van der Waals surface area contributed by atoms with E-state index in [1.54, 1.807) is 14.2 Å². The van der Waals surface area contributed by atoms with Crippen molar-refractivity contribution in [3.8, 4) is 0 Å². The predicted molar refractivity (Wildman–Crippen MR) is 392 cm³/mol. The molecule has 0 aromatic carbocycles. The Hall–Kier alpha value is -2.87. The van der Waals surface area contributed by atoms with Gasteiger partial charge >= 0.3 is 11.9 Å². The van der Waals surface area contributed by atoms with E-state index in [4.69, 9.17) is 71.4 Å². The second-order valence-corrected chi connectivity index (χ2v) is 30.9. The number of allylic oxidation sites excluding steroid dienone is 2. The number of methoxy groups -OCH3 is 3. The van der Waals surface area contributed by atoms with Gasteiger partial charge in [0.05, 0.1) is 75.8 Å². The van der Waals surface area contributed by atoms with Crippen molar-refractivity contribution >= 4 is 34.5 Å². The first-order valence-electron chi connectivity index (χ1n) is 38.0. The van der Waals surface area contributed by atoms with Gasteiger partial charge in [0.2, 0.25) is 0 Å². The molecular formula is C79H125IO22. The Morgan fingerprint density at radius 2 is 1.14 bits per heavy atom. The third-order valence-electron chi connectivity index (χ3n) is 22.4. The molecule has 0 amide bonds. The Morgan fingerprint density at radius 3 is 1.68 bits per heavy atom. The summed E-state index contributed by atoms with van der Waals surface area (Å²) < 4.78 is 89.4. The third kappa shape index (κ3) is 21.5. The quantitative estimate of drug-likeness (QED) is 0.0221. The van der Waals surface area contributed by atoms with Gasteiger partial charge in [-0.15, -0.1) is 0 Å². The van der Waals surface area contributed by atoms with E-state index >= 15 is 0 Å². The van der Waals surface area contributed by atoms with Crippen molar-refractivity contribution in [3.63, 3.8) is 0 Å². The lowest BCUT2D eigenvalue weighted by Gasteiger charge is -2.37. The Kier molecular flexibility index (Phi) is 33.2. The number of carbonyl (C=O) groups excluding carboxylic acids is 2. The summed E-state index contributed by atoms with van der Waals surface area (Å²) in [6.07, 6.45) is 29.9. The minimum atomic E-state index is -1.08. The molecule has 0 aromatic rings. The molecule has 3 saturated carbocycles. The third-order valence-corrected chi connectivity index (χ3v) is 23.6. The largest absolute Gasteiger partial charge is 0.466 e. The lowest BCUT2D eigenvalue weighted by atomic mass is 9.89. The molecule has 12 aliphatic rings. The maximum atomic E-state index is 11.2. The number of hydrogen-bond acceptors (Lipinski definition) is 22. The van der Waals surface area contributed by atoms with Gasteiger partial charge in [-0.05, 0) is 158 Å². The van der Waals surface area contributed by atoms with E-state index in [9.17, 15) is 30.0 Å². The summed E-state index contributed by atoms with van der Waals surface area (Å²) in [7, 11) is 4.65. The fourth-order valence-electron chi connectivity index (χ4n) is 15.9. The van der Waals surface area contributed by atoms with Crippen LogP contribution in [0.15, 0.2) is 85.1 Å². The molecule has 12 fully saturated rings. The van der Waals surface area contributed by atoms with Gasteiger partial charge in [0.1, 0.15) is 72.7 Å². The molecule has 21 atom stereocenters. The fraction of sp³-hybridized carbons (Fsp3) is 0.797. The predicted octanol–water partition coefficient (Wildman–Crippen LogP) is 11.3. The van der Waals surface area contributed by atoms with Crippen LogP contribution in [0.4, 0.5) is 0 Å². The highest BCUT2D eigenvalue weighted by Gasteiger charge is 2.69. The molecule has 3 spiro atoms. The van der Waals surface area contributed by atoms with Crippen LogP contribution in [0.3, 0.4) is 0 Å². The number of aliphatic hydroxyl groups excluding tert-OH is 5. The lowest BCUT2D eigenvalue weighted by molar-refractivity contribution is -0.247. The van der Waals surface area contributed by atoms with E-state index < -0.39 is 66.4 Å². The lowest BCUT2D eigenvalue weighted by Crippen LogP contribution is -2.50. The van der Waals surface area contributed by atoms with E-state index in [0.717, 1.165) is 118 Å². The minimum Gasteiger partial charge on any atom is -0.466 e. The van der Waals surface area contributed by atoms with Crippen molar-refractivity contribution in [1.29, 1.82) is 0 Å². The maximum absolute atomic E-state index is 11.2. The monoisotopic (exact) mass is 1550 g/mol. The maximum Gasteiger partial charge on any atom is 0.330 e. The van der Waals surface area contributed by atoms with Crippen molar-refractivity contribution < 1.29 is 106 Å². The molecule has 3 aliphatic carbocycles. The Balaban J connectivity index is 0.000000165. The second-order valence-electron chi connectivity index (χ2n) is 30.1. The van der Waals surface area contributed by atoms with Gasteiger partial charge in [-0.25, -0.2) is 4.79 Å². The Bertz CT molecular complexity index is 2760. The van der Waals surface area contributed by atoms with E-state index in [0.29, 0.717) is 43.1 Å². The SMILES string of the molecule is C/C=C/C[C@@H]1O[C@@H](C2COC3(CCCCC3)O2)C2OC3(CCCCC3)O[C@]21CI.C=C1C(CCC(C)OC)O[C@H]2CCC(=O)O[C@@H]12.C=C1[C@H](C/C=C/C)O[C@@H](C2COC3(CCCCC3)O2)[C@H]1O.C=C1[C@H](CCC(C)C)O[C@@H](/C=C/C(=O)OC)[C@H]1O.C=C1[C@H](CCC(C)OC)O[C@@H]([C@H](O)CO)[C@H]1O. The van der Waals surface area contributed by atoms with Crippen molar-refractivity contribution in [2.45, 2.75) is 347 Å². The molecule has 0 radical (unpaired) electrons. The second kappa shape index (κ2) is 40.0. The van der Waals surface area contributed by atoms with Gasteiger partial charge in [0.15, 0.2) is 23.5 Å². The van der Waals surface area contributed by atoms with Crippen LogP contribution in [0.25, 0.3) is 0 Å². The minimum absolute atomic E-state index is 0.00147. The first-order valence-corrected chi connectivity index (χ1v) is 39.6. The summed E-state index contributed by atoms with van der Waals surface area (Å²) >= 11 is 2.47. The van der Waals surface area contributed by atoms with E-state index in [1.807, 2.05) is 32.9 Å². The van der Waals surface area contributed by atoms with Crippen molar-refractivity contribution in [3.05, 3.63) is 85.1 Å². The summed E-state index contributed by atoms with van der Waals surface area (Å²) in [5.41, 5.74) is 2.52. The molecule has 9 aliphatic heterocycles. The molecular weight excluding hydrogens is 1430 g/mol. The number of fused-ring (bicyclic) bond motifs is 2. The summed E-state index contributed by atoms with van der Waals surface area (Å²) in [4.78, 5) is 22.2. The zero-order chi connectivity index (χ0) is 73.9. The summed E-state index contributed by atoms with van der Waals surface area (Å²) in [5, 5.41) is 48.5. The zero-order valence-electron chi connectivity index (χ0n) is 62.5. The first kappa shape index (κ1) is 84.7. The molecule has 9 saturated heterocycles. The van der Waals surface area contributed by atoms with Crippen molar-refractivity contribution in [2.75, 3.05) is 45.6 Å². The highest BCUT2D eigenvalue weighted by atomic mass is 127. The van der Waals surface area contributed by atoms with Gasteiger partial charge in [0.25, 0.3) is 0 Å². The topological polar surface area (TPSA) is 274 Å². The highest BCUT2D eigenvalue weighted by Crippen LogP contribution is 2.55. The van der Waals surface area contributed by atoms with Crippen LogP contribution >= 0.6 is 22.6 Å².